The lowest BCUT2D eigenvalue weighted by Gasteiger charge is -2.00. The molecule has 2 rings (SSSR count). The van der Waals surface area contributed by atoms with Gasteiger partial charge < -0.3 is 4.57 Å². The maximum atomic E-state index is 4.28. The molecule has 2 aromatic rings. The summed E-state index contributed by atoms with van der Waals surface area (Å²) in [5, 5.41) is 0. The van der Waals surface area contributed by atoms with Crippen molar-refractivity contribution in [1.29, 1.82) is 0 Å². The van der Waals surface area contributed by atoms with E-state index >= 15 is 0 Å². The third-order valence-electron chi connectivity index (χ3n) is 2.34. The number of aromatic nitrogens is 2. The minimum atomic E-state index is 1.08. The van der Waals surface area contributed by atoms with Crippen LogP contribution in [0.4, 0.5) is 0 Å². The molecule has 1 heterocycles. The summed E-state index contributed by atoms with van der Waals surface area (Å²) in [4.78, 5) is 4.28. The number of imidazole rings is 1. The summed E-state index contributed by atoms with van der Waals surface area (Å²) in [7, 11) is 2.02. The molecule has 0 aliphatic rings. The van der Waals surface area contributed by atoms with Crippen LogP contribution in [0.5, 0.6) is 0 Å². The molecule has 1 aromatic carbocycles. The van der Waals surface area contributed by atoms with E-state index in [0.717, 1.165) is 5.52 Å². The first-order chi connectivity index (χ1) is 5.68. The fraction of sp³-hybridized carbons (Fsp3) is 0.300. The largest absolute Gasteiger partial charge is 0.334 e. The van der Waals surface area contributed by atoms with Crippen LogP contribution >= 0.6 is 0 Å². The molecule has 0 bridgehead atoms. The Morgan fingerprint density at radius 1 is 1.17 bits per heavy atom. The topological polar surface area (TPSA) is 17.8 Å². The molecule has 0 unspecified atom stereocenters. The maximum Gasteiger partial charge on any atom is 0.0955 e. The van der Waals surface area contributed by atoms with E-state index in [2.05, 4.69) is 31.0 Å². The molecule has 0 saturated heterocycles. The maximum absolute atomic E-state index is 4.28. The Morgan fingerprint density at radius 3 is 2.58 bits per heavy atom. The summed E-state index contributed by atoms with van der Waals surface area (Å²) in [5.41, 5.74) is 4.92. The number of hydrogen-bond acceptors (Lipinski definition) is 1. The van der Waals surface area contributed by atoms with Gasteiger partial charge in [0.2, 0.25) is 0 Å². The lowest BCUT2D eigenvalue weighted by molar-refractivity contribution is 0.947. The Morgan fingerprint density at radius 2 is 1.83 bits per heavy atom. The molecule has 0 aliphatic heterocycles. The highest BCUT2D eigenvalue weighted by atomic mass is 15.3. The number of benzene rings is 1. The first-order valence-corrected chi connectivity index (χ1v) is 4.07. The first-order valence-electron chi connectivity index (χ1n) is 4.07. The van der Waals surface area contributed by atoms with Crippen LogP contribution in [0.2, 0.25) is 0 Å². The number of fused-ring (bicyclic) bond motifs is 1. The van der Waals surface area contributed by atoms with E-state index in [1.807, 2.05) is 17.9 Å². The lowest BCUT2D eigenvalue weighted by Crippen LogP contribution is -1.86. The fourth-order valence-corrected chi connectivity index (χ4v) is 1.38. The van der Waals surface area contributed by atoms with Crippen LogP contribution in [0.25, 0.3) is 11.0 Å². The lowest BCUT2D eigenvalue weighted by atomic mass is 10.9. The average Bonchev–Trinajstić information content (AvgIpc) is 2.35. The van der Waals surface area contributed by atoms with Gasteiger partial charge in [-0.15, -0.1) is 0 Å². The Bertz CT molecular complexity index is 427. The van der Waals surface area contributed by atoms with Gasteiger partial charge in [-0.1, -0.05) is 0 Å². The molecule has 0 amide bonds. The molecular formula is C10H12N2. The van der Waals surface area contributed by atoms with Crippen molar-refractivity contribution in [3.8, 4) is 0 Å². The number of nitrogens with zero attached hydrogens (tertiary/aromatic N) is 2. The van der Waals surface area contributed by atoms with Crippen molar-refractivity contribution >= 4 is 11.0 Å². The van der Waals surface area contributed by atoms with Gasteiger partial charge in [-0.25, -0.2) is 4.98 Å². The van der Waals surface area contributed by atoms with E-state index in [4.69, 9.17) is 0 Å². The molecule has 0 fully saturated rings. The zero-order valence-electron chi connectivity index (χ0n) is 7.63. The van der Waals surface area contributed by atoms with Gasteiger partial charge in [0.25, 0.3) is 0 Å². The van der Waals surface area contributed by atoms with Crippen molar-refractivity contribution < 1.29 is 0 Å². The predicted molar refractivity (Wildman–Crippen MR) is 50.2 cm³/mol. The quantitative estimate of drug-likeness (QED) is 0.588. The highest BCUT2D eigenvalue weighted by molar-refractivity contribution is 5.77. The standard InChI is InChI=1S/C10H12N2/c1-7-4-9-10(5-8(7)2)12(3)6-11-9/h4-6H,1-3H3/i4+1,5+1,6+1,7+1,8+1,9+1,10+1. The minimum Gasteiger partial charge on any atom is -0.334 e. The van der Waals surface area contributed by atoms with Crippen LogP contribution in [-0.2, 0) is 7.05 Å². The minimum absolute atomic E-state index is 1.08. The smallest absolute Gasteiger partial charge is 0.0955 e. The molecule has 0 atom stereocenters. The Hall–Kier alpha value is -1.31. The number of aryl methyl sites for hydroxylation is 3. The third-order valence-corrected chi connectivity index (χ3v) is 2.34. The van der Waals surface area contributed by atoms with E-state index in [-0.39, 0.29) is 0 Å². The Labute approximate surface area is 71.8 Å². The third kappa shape index (κ3) is 0.916. The summed E-state index contributed by atoms with van der Waals surface area (Å²) in [6, 6.07) is 4.31. The highest BCUT2D eigenvalue weighted by Crippen LogP contribution is 2.16. The molecule has 0 aliphatic carbocycles. The molecule has 12 heavy (non-hydrogen) atoms. The van der Waals surface area contributed by atoms with E-state index < -0.39 is 0 Å². The molecule has 0 spiro atoms. The van der Waals surface area contributed by atoms with E-state index in [9.17, 15) is 0 Å². The molecule has 0 N–H and O–H groups in total. The van der Waals surface area contributed by atoms with Crippen LogP contribution < -0.4 is 0 Å². The van der Waals surface area contributed by atoms with Gasteiger partial charge in [-0.05, 0) is 37.1 Å². The van der Waals surface area contributed by atoms with Gasteiger partial charge in [-0.3, -0.25) is 0 Å². The predicted octanol–water partition coefficient (Wildman–Crippen LogP) is 2.19. The van der Waals surface area contributed by atoms with E-state index in [1.54, 1.807) is 0 Å². The first kappa shape index (κ1) is 7.35. The normalized spacial score (nSPS) is 10.9. The van der Waals surface area contributed by atoms with Crippen molar-refractivity contribution in [1.82, 2.24) is 9.55 Å². The second-order valence-corrected chi connectivity index (χ2v) is 3.28. The average molecular weight is 167 g/mol. The van der Waals surface area contributed by atoms with E-state index in [0.29, 0.717) is 0 Å². The van der Waals surface area contributed by atoms with Gasteiger partial charge in [0.1, 0.15) is 0 Å². The van der Waals surface area contributed by atoms with Crippen molar-refractivity contribution in [3.63, 3.8) is 0 Å². The van der Waals surface area contributed by atoms with Crippen molar-refractivity contribution in [2.24, 2.45) is 7.05 Å². The second kappa shape index (κ2) is 2.34. The monoisotopic (exact) mass is 167 g/mol. The second-order valence-electron chi connectivity index (χ2n) is 3.28. The molecular weight excluding hydrogens is 155 g/mol. The zero-order chi connectivity index (χ0) is 8.72. The zero-order valence-corrected chi connectivity index (χ0v) is 7.63. The van der Waals surface area contributed by atoms with Crippen molar-refractivity contribution in [2.75, 3.05) is 0 Å². The summed E-state index contributed by atoms with van der Waals surface area (Å²) in [5.74, 6) is 0. The molecule has 0 saturated carbocycles. The highest BCUT2D eigenvalue weighted by Gasteiger charge is 2.01. The number of rotatable bonds is 0. The van der Waals surface area contributed by atoms with Gasteiger partial charge >= 0.3 is 0 Å². The van der Waals surface area contributed by atoms with Crippen LogP contribution in [0.15, 0.2) is 18.5 Å². The molecule has 0 radical (unpaired) electrons. The van der Waals surface area contributed by atoms with Gasteiger partial charge in [-0.2, -0.15) is 0 Å². The van der Waals surface area contributed by atoms with E-state index in [1.165, 1.54) is 16.6 Å². The number of hydrogen-bond donors (Lipinski definition) is 0. The van der Waals surface area contributed by atoms with Crippen LogP contribution in [0.3, 0.4) is 0 Å². The van der Waals surface area contributed by atoms with Crippen LogP contribution in [0.1, 0.15) is 11.1 Å². The van der Waals surface area contributed by atoms with Gasteiger partial charge in [0, 0.05) is 7.05 Å². The van der Waals surface area contributed by atoms with Crippen LogP contribution in [-0.4, -0.2) is 9.55 Å². The van der Waals surface area contributed by atoms with Gasteiger partial charge in [0.15, 0.2) is 0 Å². The summed E-state index contributed by atoms with van der Waals surface area (Å²) >= 11 is 0. The molecule has 1 aromatic heterocycles. The molecule has 2 nitrogen and oxygen atoms in total. The van der Waals surface area contributed by atoms with Crippen molar-refractivity contribution in [2.45, 2.75) is 13.8 Å². The van der Waals surface area contributed by atoms with Crippen molar-refractivity contribution in [3.05, 3.63) is 29.6 Å². The Kier molecular flexibility index (Phi) is 1.43. The fourth-order valence-electron chi connectivity index (χ4n) is 1.38. The Balaban J connectivity index is 2.87. The summed E-state index contributed by atoms with van der Waals surface area (Å²) in [6.45, 7) is 4.24. The van der Waals surface area contributed by atoms with Crippen LogP contribution in [0, 0.1) is 13.8 Å². The molecule has 62 valence electrons. The summed E-state index contributed by atoms with van der Waals surface area (Å²) < 4.78 is 2.04. The van der Waals surface area contributed by atoms with Gasteiger partial charge in [0.05, 0.1) is 17.4 Å². The summed E-state index contributed by atoms with van der Waals surface area (Å²) in [6.07, 6.45) is 1.85. The molecule has 2 heteroatoms. The SMILES string of the molecule is C[13c]1[13cH][13c]2n[13cH]n(C)[13c]2[13cH][13c]1C.